The second-order valence-corrected chi connectivity index (χ2v) is 8.64. The van der Waals surface area contributed by atoms with E-state index in [-0.39, 0.29) is 16.6 Å². The summed E-state index contributed by atoms with van der Waals surface area (Å²) in [7, 11) is 0. The molecule has 6 nitrogen and oxygen atoms in total. The quantitative estimate of drug-likeness (QED) is 0.680. The maximum atomic E-state index is 13.0. The van der Waals surface area contributed by atoms with Gasteiger partial charge in [-0.15, -0.1) is 0 Å². The van der Waals surface area contributed by atoms with E-state index in [0.717, 1.165) is 54.8 Å². The predicted molar refractivity (Wildman–Crippen MR) is 126 cm³/mol. The Hall–Kier alpha value is -3.12. The van der Waals surface area contributed by atoms with E-state index in [9.17, 15) is 14.4 Å². The number of carbonyl (C=O) groups is 3. The maximum Gasteiger partial charge on any atom is 0.283 e. The molecule has 0 aliphatic carbocycles. The van der Waals surface area contributed by atoms with Gasteiger partial charge in [0.2, 0.25) is 0 Å². The van der Waals surface area contributed by atoms with Crippen LogP contribution in [-0.2, 0) is 9.59 Å². The molecule has 0 aromatic heterocycles. The first-order valence-electron chi connectivity index (χ1n) is 10.9. The van der Waals surface area contributed by atoms with Crippen LogP contribution in [0.3, 0.4) is 0 Å². The fourth-order valence-corrected chi connectivity index (χ4v) is 4.32. The molecule has 4 rings (SSSR count). The number of amides is 3. The Balaban J connectivity index is 1.51. The number of anilines is 2. The molecule has 1 fully saturated rings. The minimum absolute atomic E-state index is 0.0175. The van der Waals surface area contributed by atoms with Crippen LogP contribution in [0, 0.1) is 13.8 Å². The first-order valence-corrected chi connectivity index (χ1v) is 11.3. The Morgan fingerprint density at radius 2 is 1.56 bits per heavy atom. The number of imide groups is 1. The lowest BCUT2D eigenvalue weighted by Crippen LogP contribution is -2.33. The molecular formula is C25H26ClN3O3. The van der Waals surface area contributed by atoms with Gasteiger partial charge in [0.25, 0.3) is 17.7 Å². The van der Waals surface area contributed by atoms with Gasteiger partial charge in [-0.3, -0.25) is 14.4 Å². The Morgan fingerprint density at radius 3 is 2.22 bits per heavy atom. The summed E-state index contributed by atoms with van der Waals surface area (Å²) in [6, 6.07) is 12.4. The van der Waals surface area contributed by atoms with Crippen LogP contribution in [0.5, 0.6) is 0 Å². The lowest BCUT2D eigenvalue weighted by molar-refractivity contribution is -0.120. The zero-order valence-corrected chi connectivity index (χ0v) is 19.0. The minimum atomic E-state index is -0.555. The molecule has 7 heteroatoms. The molecule has 3 amide bonds. The largest absolute Gasteiger partial charge is 0.350 e. The highest BCUT2D eigenvalue weighted by molar-refractivity contribution is 6.53. The maximum absolute atomic E-state index is 13.0. The fraction of sp³-hybridized carbons (Fsp3) is 0.320. The van der Waals surface area contributed by atoms with Crippen molar-refractivity contribution >= 4 is 40.7 Å². The standard InChI is InChI=1S/C25H26ClN3O3/c1-16-8-7-9-20(17(16)2)29-24(31)21(26)22(25(29)32)27-19-12-10-18(11-13-19)23(30)28-14-5-3-4-6-15-28/h7-13,27H,3-6,14-15H2,1-2H3. The molecule has 32 heavy (non-hydrogen) atoms. The lowest BCUT2D eigenvalue weighted by Gasteiger charge is -2.20. The monoisotopic (exact) mass is 451 g/mol. The van der Waals surface area contributed by atoms with E-state index in [2.05, 4.69) is 5.32 Å². The SMILES string of the molecule is Cc1cccc(N2C(=O)C(Cl)=C(Nc3ccc(C(=O)N4CCCCCC4)cc3)C2=O)c1C. The van der Waals surface area contributed by atoms with Crippen molar-refractivity contribution in [2.75, 3.05) is 23.3 Å². The molecule has 0 radical (unpaired) electrons. The van der Waals surface area contributed by atoms with Gasteiger partial charge in [0, 0.05) is 24.3 Å². The average molecular weight is 452 g/mol. The average Bonchev–Trinajstić information content (AvgIpc) is 3.00. The molecule has 2 aromatic carbocycles. The first kappa shape index (κ1) is 22.1. The fourth-order valence-electron chi connectivity index (χ4n) is 4.10. The molecular weight excluding hydrogens is 426 g/mol. The number of benzene rings is 2. The van der Waals surface area contributed by atoms with Crippen molar-refractivity contribution in [3.05, 3.63) is 69.9 Å². The highest BCUT2D eigenvalue weighted by Gasteiger charge is 2.39. The molecule has 166 valence electrons. The molecule has 0 spiro atoms. The van der Waals surface area contributed by atoms with Gasteiger partial charge >= 0.3 is 0 Å². The number of carbonyl (C=O) groups excluding carboxylic acids is 3. The second kappa shape index (κ2) is 9.17. The lowest BCUT2D eigenvalue weighted by atomic mass is 10.1. The summed E-state index contributed by atoms with van der Waals surface area (Å²) < 4.78 is 0. The summed E-state index contributed by atoms with van der Waals surface area (Å²) in [6.45, 7) is 5.36. The van der Waals surface area contributed by atoms with Gasteiger partial charge in [-0.2, -0.15) is 0 Å². The molecule has 2 aliphatic heterocycles. The second-order valence-electron chi connectivity index (χ2n) is 8.26. The molecule has 2 heterocycles. The summed E-state index contributed by atoms with van der Waals surface area (Å²) in [5, 5.41) is 2.82. The molecule has 0 unspecified atom stereocenters. The Bertz CT molecular complexity index is 1100. The number of rotatable bonds is 4. The number of hydrogen-bond donors (Lipinski definition) is 1. The van der Waals surface area contributed by atoms with Gasteiger partial charge in [0.15, 0.2) is 0 Å². The Labute approximate surface area is 192 Å². The van der Waals surface area contributed by atoms with E-state index in [4.69, 9.17) is 11.6 Å². The molecule has 2 aliphatic rings. The van der Waals surface area contributed by atoms with Crippen LogP contribution >= 0.6 is 11.6 Å². The predicted octanol–water partition coefficient (Wildman–Crippen LogP) is 4.76. The van der Waals surface area contributed by atoms with Crippen LogP contribution < -0.4 is 10.2 Å². The van der Waals surface area contributed by atoms with Crippen molar-refractivity contribution in [2.24, 2.45) is 0 Å². The summed E-state index contributed by atoms with van der Waals surface area (Å²) in [4.78, 5) is 41.6. The normalized spacial score (nSPS) is 17.1. The third kappa shape index (κ3) is 4.15. The molecule has 1 N–H and O–H groups in total. The van der Waals surface area contributed by atoms with Crippen molar-refractivity contribution in [3.8, 4) is 0 Å². The van der Waals surface area contributed by atoms with Crippen LogP contribution in [0.15, 0.2) is 53.2 Å². The van der Waals surface area contributed by atoms with Gasteiger partial charge in [0.1, 0.15) is 10.7 Å². The molecule has 2 aromatic rings. The van der Waals surface area contributed by atoms with E-state index >= 15 is 0 Å². The number of likely N-dealkylation sites (tertiary alicyclic amines) is 1. The number of aryl methyl sites for hydroxylation is 1. The summed E-state index contributed by atoms with van der Waals surface area (Å²) in [6.07, 6.45) is 4.39. The van der Waals surface area contributed by atoms with E-state index in [1.165, 1.54) is 0 Å². The number of nitrogens with one attached hydrogen (secondary N) is 1. The Morgan fingerprint density at radius 1 is 0.906 bits per heavy atom. The minimum Gasteiger partial charge on any atom is -0.350 e. The topological polar surface area (TPSA) is 69.7 Å². The summed E-state index contributed by atoms with van der Waals surface area (Å²) in [5.74, 6) is -1.04. The van der Waals surface area contributed by atoms with Gasteiger partial charge < -0.3 is 10.2 Å². The van der Waals surface area contributed by atoms with E-state index < -0.39 is 11.8 Å². The van der Waals surface area contributed by atoms with Gasteiger partial charge in [-0.05, 0) is 68.1 Å². The van der Waals surface area contributed by atoms with Gasteiger partial charge in [0.05, 0.1) is 5.69 Å². The third-order valence-corrected chi connectivity index (χ3v) is 6.49. The van der Waals surface area contributed by atoms with Gasteiger partial charge in [-0.25, -0.2) is 4.90 Å². The summed E-state index contributed by atoms with van der Waals surface area (Å²) in [5.41, 5.74) is 3.55. The molecule has 0 bridgehead atoms. The zero-order valence-electron chi connectivity index (χ0n) is 18.3. The molecule has 0 atom stereocenters. The van der Waals surface area contributed by atoms with Crippen molar-refractivity contribution < 1.29 is 14.4 Å². The van der Waals surface area contributed by atoms with E-state index in [1.807, 2.05) is 24.8 Å². The van der Waals surface area contributed by atoms with Crippen molar-refractivity contribution in [3.63, 3.8) is 0 Å². The van der Waals surface area contributed by atoms with E-state index in [1.54, 1.807) is 36.4 Å². The number of hydrogen-bond acceptors (Lipinski definition) is 4. The molecule has 1 saturated heterocycles. The van der Waals surface area contributed by atoms with Crippen LogP contribution in [-0.4, -0.2) is 35.7 Å². The van der Waals surface area contributed by atoms with Crippen LogP contribution in [0.2, 0.25) is 0 Å². The zero-order chi connectivity index (χ0) is 22.8. The van der Waals surface area contributed by atoms with Crippen LogP contribution in [0.1, 0.15) is 47.2 Å². The molecule has 0 saturated carbocycles. The Kier molecular flexibility index (Phi) is 6.33. The summed E-state index contributed by atoms with van der Waals surface area (Å²) >= 11 is 6.25. The van der Waals surface area contributed by atoms with Crippen molar-refractivity contribution in [1.82, 2.24) is 4.90 Å². The van der Waals surface area contributed by atoms with Gasteiger partial charge in [-0.1, -0.05) is 36.6 Å². The smallest absolute Gasteiger partial charge is 0.283 e. The third-order valence-electron chi connectivity index (χ3n) is 6.14. The van der Waals surface area contributed by atoms with E-state index in [0.29, 0.717) is 16.9 Å². The van der Waals surface area contributed by atoms with Crippen LogP contribution in [0.4, 0.5) is 11.4 Å². The first-order chi connectivity index (χ1) is 15.4. The highest BCUT2D eigenvalue weighted by Crippen LogP contribution is 2.33. The number of nitrogens with zero attached hydrogens (tertiary/aromatic N) is 2. The number of halogens is 1. The van der Waals surface area contributed by atoms with Crippen molar-refractivity contribution in [2.45, 2.75) is 39.5 Å². The highest BCUT2D eigenvalue weighted by atomic mass is 35.5. The van der Waals surface area contributed by atoms with Crippen molar-refractivity contribution in [1.29, 1.82) is 0 Å². The van der Waals surface area contributed by atoms with Crippen LogP contribution in [0.25, 0.3) is 0 Å².